The van der Waals surface area contributed by atoms with Gasteiger partial charge in [-0.3, -0.25) is 0 Å². The van der Waals surface area contributed by atoms with Crippen LogP contribution in [0.1, 0.15) is 37.0 Å². The topological polar surface area (TPSA) is 0 Å². The van der Waals surface area contributed by atoms with E-state index in [0.717, 1.165) is 6.42 Å². The summed E-state index contributed by atoms with van der Waals surface area (Å²) in [6.45, 7) is 4.77. The molecule has 69 heavy (non-hydrogen) atoms. The molecule has 0 N–H and O–H groups in total. The second-order valence-corrected chi connectivity index (χ2v) is 19.4. The molecule has 12 aromatic rings. The zero-order chi connectivity index (χ0) is 46.1. The van der Waals surface area contributed by atoms with E-state index < -0.39 is 0 Å². The SMILES string of the molecule is CC(C)CC1(c2cccc3ccccc23)c2ccccc2-c2ccc(-c3c4ccccc4c(-c4ccc(-c5cc(-c6ccccc6)cc(-c6ccccc6)c5)c5ccccc45)c4ccccc34)cc21. The summed E-state index contributed by atoms with van der Waals surface area (Å²) in [4.78, 5) is 0. The van der Waals surface area contributed by atoms with Crippen LogP contribution in [0, 0.1) is 5.92 Å². The van der Waals surface area contributed by atoms with Crippen molar-refractivity contribution in [2.45, 2.75) is 25.7 Å². The molecule has 0 nitrogen and oxygen atoms in total. The van der Waals surface area contributed by atoms with Gasteiger partial charge < -0.3 is 0 Å². The maximum Gasteiger partial charge on any atom is 0.0472 e. The molecule has 0 heterocycles. The Bertz CT molecular complexity index is 3830. The molecule has 13 rings (SSSR count). The van der Waals surface area contributed by atoms with Crippen molar-refractivity contribution in [3.05, 3.63) is 265 Å². The summed E-state index contributed by atoms with van der Waals surface area (Å²) >= 11 is 0. The standard InChI is InChI=1S/C69H50/c1-45(2)44-69(64-35-19-25-48-24-9-10-26-54(48)64)65-34-18-17-29-57(65)58-37-36-49(43-66(58)69)67-59-30-13-15-32-61(59)68(62-33-16-14-31-60(62)67)63-39-38-53(55-27-11-12-28-56(55)63)52-41-50(46-20-5-3-6-21-46)40-51(42-52)47-22-7-4-8-23-47/h3-43,45H,44H2,1-2H3. The van der Waals surface area contributed by atoms with E-state index >= 15 is 0 Å². The molecule has 326 valence electrons. The summed E-state index contributed by atoms with van der Waals surface area (Å²) < 4.78 is 0. The Morgan fingerprint density at radius 1 is 0.275 bits per heavy atom. The molecule has 0 fully saturated rings. The highest BCUT2D eigenvalue weighted by Crippen LogP contribution is 2.58. The van der Waals surface area contributed by atoms with E-state index in [1.165, 1.54) is 127 Å². The first-order valence-corrected chi connectivity index (χ1v) is 24.5. The van der Waals surface area contributed by atoms with Gasteiger partial charge in [-0.2, -0.15) is 0 Å². The lowest BCUT2D eigenvalue weighted by Gasteiger charge is -2.36. The van der Waals surface area contributed by atoms with E-state index in [1.54, 1.807) is 0 Å². The number of benzene rings is 12. The molecule has 0 saturated heterocycles. The molecule has 0 aromatic heterocycles. The monoisotopic (exact) mass is 878 g/mol. The van der Waals surface area contributed by atoms with Crippen LogP contribution in [0.25, 0.3) is 110 Å². The molecule has 1 aliphatic rings. The number of hydrogen-bond donors (Lipinski definition) is 0. The minimum atomic E-state index is -0.328. The molecular weight excluding hydrogens is 829 g/mol. The Balaban J connectivity index is 1.04. The van der Waals surface area contributed by atoms with Crippen LogP contribution in [0.2, 0.25) is 0 Å². The molecule has 0 heteroatoms. The van der Waals surface area contributed by atoms with E-state index in [1.807, 2.05) is 0 Å². The van der Waals surface area contributed by atoms with Crippen LogP contribution in [-0.2, 0) is 5.41 Å². The zero-order valence-electron chi connectivity index (χ0n) is 39.0. The Kier molecular flexibility index (Phi) is 9.77. The first-order chi connectivity index (χ1) is 34.0. The van der Waals surface area contributed by atoms with Gasteiger partial charge in [0, 0.05) is 5.41 Å². The summed E-state index contributed by atoms with van der Waals surface area (Å²) in [5.74, 6) is 0.451. The Morgan fingerprint density at radius 3 is 1.36 bits per heavy atom. The van der Waals surface area contributed by atoms with Crippen molar-refractivity contribution < 1.29 is 0 Å². The molecule has 0 spiro atoms. The second-order valence-electron chi connectivity index (χ2n) is 19.4. The Labute approximate surface area is 404 Å². The highest BCUT2D eigenvalue weighted by molar-refractivity contribution is 6.24. The number of rotatable bonds is 8. The van der Waals surface area contributed by atoms with Gasteiger partial charge in [0.15, 0.2) is 0 Å². The molecule has 0 saturated carbocycles. The quantitative estimate of drug-likeness (QED) is 0.133. The first kappa shape index (κ1) is 40.9. The maximum absolute atomic E-state index is 2.57. The number of hydrogen-bond acceptors (Lipinski definition) is 0. The highest BCUT2D eigenvalue weighted by atomic mass is 14.5. The van der Waals surface area contributed by atoms with Crippen molar-refractivity contribution in [1.29, 1.82) is 0 Å². The van der Waals surface area contributed by atoms with Crippen molar-refractivity contribution in [2.24, 2.45) is 5.92 Å². The fraction of sp³-hybridized carbons (Fsp3) is 0.0725. The van der Waals surface area contributed by atoms with Gasteiger partial charge in [0.05, 0.1) is 0 Å². The summed E-state index contributed by atoms with van der Waals surface area (Å²) in [5.41, 5.74) is 18.9. The Morgan fingerprint density at radius 2 is 0.725 bits per heavy atom. The van der Waals surface area contributed by atoms with Crippen LogP contribution < -0.4 is 0 Å². The molecule has 1 unspecified atom stereocenters. The van der Waals surface area contributed by atoms with Gasteiger partial charge in [0.25, 0.3) is 0 Å². The average molecular weight is 879 g/mol. The zero-order valence-corrected chi connectivity index (χ0v) is 39.0. The number of fused-ring (bicyclic) bond motifs is 7. The average Bonchev–Trinajstić information content (AvgIpc) is 3.68. The third-order valence-electron chi connectivity index (χ3n) is 15.0. The molecule has 0 radical (unpaired) electrons. The summed E-state index contributed by atoms with van der Waals surface area (Å²) in [7, 11) is 0. The molecular formula is C69H50. The van der Waals surface area contributed by atoms with Crippen LogP contribution in [0.4, 0.5) is 0 Å². The first-order valence-electron chi connectivity index (χ1n) is 24.5. The van der Waals surface area contributed by atoms with Crippen LogP contribution >= 0.6 is 0 Å². The lowest BCUT2D eigenvalue weighted by atomic mass is 9.66. The van der Waals surface area contributed by atoms with Crippen molar-refractivity contribution in [2.75, 3.05) is 0 Å². The van der Waals surface area contributed by atoms with Gasteiger partial charge >= 0.3 is 0 Å². The van der Waals surface area contributed by atoms with Crippen molar-refractivity contribution in [3.63, 3.8) is 0 Å². The second kappa shape index (κ2) is 16.5. The van der Waals surface area contributed by atoms with Crippen molar-refractivity contribution in [1.82, 2.24) is 0 Å². The lowest BCUT2D eigenvalue weighted by molar-refractivity contribution is 0.463. The molecule has 0 aliphatic heterocycles. The fourth-order valence-electron chi connectivity index (χ4n) is 12.2. The third-order valence-corrected chi connectivity index (χ3v) is 15.0. The van der Waals surface area contributed by atoms with Crippen LogP contribution in [0.15, 0.2) is 249 Å². The van der Waals surface area contributed by atoms with E-state index in [4.69, 9.17) is 0 Å². The molecule has 0 amide bonds. The Hall–Kier alpha value is -8.32. The van der Waals surface area contributed by atoms with Gasteiger partial charge in [-0.25, -0.2) is 0 Å². The van der Waals surface area contributed by atoms with Crippen LogP contribution in [-0.4, -0.2) is 0 Å². The predicted molar refractivity (Wildman–Crippen MR) is 295 cm³/mol. The molecule has 1 atom stereocenters. The third kappa shape index (κ3) is 6.58. The largest absolute Gasteiger partial charge is 0.0627 e. The highest BCUT2D eigenvalue weighted by Gasteiger charge is 2.46. The molecule has 0 bridgehead atoms. The minimum absolute atomic E-state index is 0.328. The van der Waals surface area contributed by atoms with E-state index in [0.29, 0.717) is 5.92 Å². The van der Waals surface area contributed by atoms with Gasteiger partial charge in [0.2, 0.25) is 0 Å². The van der Waals surface area contributed by atoms with Crippen molar-refractivity contribution >= 4 is 43.1 Å². The van der Waals surface area contributed by atoms with Crippen LogP contribution in [0.5, 0.6) is 0 Å². The summed E-state index contributed by atoms with van der Waals surface area (Å²) in [6, 6.07) is 93.2. The smallest absolute Gasteiger partial charge is 0.0472 e. The van der Waals surface area contributed by atoms with Gasteiger partial charge in [-0.05, 0) is 163 Å². The minimum Gasteiger partial charge on any atom is -0.0627 e. The molecule has 12 aromatic carbocycles. The van der Waals surface area contributed by atoms with Gasteiger partial charge in [-0.1, -0.05) is 238 Å². The van der Waals surface area contributed by atoms with E-state index in [-0.39, 0.29) is 5.41 Å². The maximum atomic E-state index is 2.57. The predicted octanol–water partition coefficient (Wildman–Crippen LogP) is 19.0. The lowest BCUT2D eigenvalue weighted by Crippen LogP contribution is -2.29. The van der Waals surface area contributed by atoms with E-state index in [2.05, 4.69) is 263 Å². The summed E-state index contributed by atoms with van der Waals surface area (Å²) in [5, 5.41) is 10.1. The molecule has 1 aliphatic carbocycles. The normalized spacial score (nSPS) is 14.2. The van der Waals surface area contributed by atoms with Crippen molar-refractivity contribution in [3.8, 4) is 66.8 Å². The van der Waals surface area contributed by atoms with Crippen LogP contribution in [0.3, 0.4) is 0 Å². The van der Waals surface area contributed by atoms with Gasteiger partial charge in [0.1, 0.15) is 0 Å². The summed E-state index contributed by atoms with van der Waals surface area (Å²) in [6.07, 6.45) is 1.00. The van der Waals surface area contributed by atoms with E-state index in [9.17, 15) is 0 Å². The fourth-order valence-corrected chi connectivity index (χ4v) is 12.2. The van der Waals surface area contributed by atoms with Gasteiger partial charge in [-0.15, -0.1) is 0 Å².